The Morgan fingerprint density at radius 1 is 0.952 bits per heavy atom. The van der Waals surface area contributed by atoms with E-state index in [1.54, 1.807) is 0 Å². The minimum Gasteiger partial charge on any atom is -0.491 e. The van der Waals surface area contributed by atoms with Gasteiger partial charge >= 0.3 is 0 Å². The van der Waals surface area contributed by atoms with E-state index < -0.39 is 0 Å². The summed E-state index contributed by atoms with van der Waals surface area (Å²) >= 11 is 12.4. The van der Waals surface area contributed by atoms with Gasteiger partial charge in [0, 0.05) is 12.2 Å². The lowest BCUT2D eigenvalue weighted by molar-refractivity contribution is 0.340. The molecule has 0 heterocycles. The van der Waals surface area contributed by atoms with Gasteiger partial charge < -0.3 is 10.1 Å². The lowest BCUT2D eigenvalue weighted by Gasteiger charge is -2.12. The largest absolute Gasteiger partial charge is 0.491 e. The van der Waals surface area contributed by atoms with Crippen LogP contribution in [0.2, 0.25) is 10.0 Å². The Hall–Kier alpha value is -1.38. The molecule has 0 radical (unpaired) electrons. The van der Waals surface area contributed by atoms with Crippen molar-refractivity contribution < 1.29 is 4.74 Å². The van der Waals surface area contributed by atoms with Gasteiger partial charge in [0.15, 0.2) is 5.75 Å². The van der Waals surface area contributed by atoms with Crippen molar-refractivity contribution in [3.05, 3.63) is 57.6 Å². The molecule has 0 spiro atoms. The summed E-state index contributed by atoms with van der Waals surface area (Å²) in [6, 6.07) is 12.2. The second-order valence-electron chi connectivity index (χ2n) is 4.73. The summed E-state index contributed by atoms with van der Waals surface area (Å²) in [4.78, 5) is 0. The normalized spacial score (nSPS) is 10.5. The lowest BCUT2D eigenvalue weighted by atomic mass is 10.1. The van der Waals surface area contributed by atoms with Crippen LogP contribution >= 0.6 is 23.2 Å². The maximum absolute atomic E-state index is 6.20. The number of hydrogen-bond acceptors (Lipinski definition) is 2. The monoisotopic (exact) mass is 323 g/mol. The smallest absolute Gasteiger partial charge is 0.156 e. The van der Waals surface area contributed by atoms with E-state index in [2.05, 4.69) is 36.5 Å². The van der Waals surface area contributed by atoms with Crippen LogP contribution in [-0.4, -0.2) is 6.61 Å². The predicted molar refractivity (Wildman–Crippen MR) is 90.8 cm³/mol. The number of hydrogen-bond donors (Lipinski definition) is 1. The van der Waals surface area contributed by atoms with Crippen molar-refractivity contribution in [2.24, 2.45) is 0 Å². The molecule has 0 saturated heterocycles. The van der Waals surface area contributed by atoms with Gasteiger partial charge in [0.05, 0.1) is 16.7 Å². The highest BCUT2D eigenvalue weighted by Crippen LogP contribution is 2.34. The van der Waals surface area contributed by atoms with E-state index >= 15 is 0 Å². The molecule has 0 aliphatic carbocycles. The number of nitrogens with one attached hydrogen (secondary N) is 1. The molecular weight excluding hydrogens is 305 g/mol. The average Bonchev–Trinajstić information content (AvgIpc) is 2.49. The predicted octanol–water partition coefficient (Wildman–Crippen LogP) is 5.57. The van der Waals surface area contributed by atoms with Gasteiger partial charge in [-0.05, 0) is 48.7 Å². The molecule has 1 N–H and O–H groups in total. The molecule has 0 atom stereocenters. The van der Waals surface area contributed by atoms with E-state index in [0.717, 1.165) is 17.7 Å². The first kappa shape index (κ1) is 16.0. The van der Waals surface area contributed by atoms with Crippen LogP contribution in [-0.2, 0) is 13.0 Å². The fourth-order valence-electron chi connectivity index (χ4n) is 2.06. The summed E-state index contributed by atoms with van der Waals surface area (Å²) in [6.07, 6.45) is 1.05. The van der Waals surface area contributed by atoms with E-state index in [9.17, 15) is 0 Å². The van der Waals surface area contributed by atoms with E-state index in [1.165, 1.54) is 5.56 Å². The summed E-state index contributed by atoms with van der Waals surface area (Å²) in [5.74, 6) is 0.553. The first-order valence-electron chi connectivity index (χ1n) is 7.07. The number of halogens is 2. The van der Waals surface area contributed by atoms with Gasteiger partial charge in [-0.2, -0.15) is 0 Å². The van der Waals surface area contributed by atoms with E-state index in [-0.39, 0.29) is 0 Å². The molecule has 0 aliphatic rings. The van der Waals surface area contributed by atoms with E-state index in [0.29, 0.717) is 28.9 Å². The molecule has 0 aromatic heterocycles. The van der Waals surface area contributed by atoms with Crippen LogP contribution in [0.3, 0.4) is 0 Å². The molecule has 0 fully saturated rings. The van der Waals surface area contributed by atoms with E-state index in [4.69, 9.17) is 27.9 Å². The van der Waals surface area contributed by atoms with Crippen molar-refractivity contribution in [1.82, 2.24) is 0 Å². The van der Waals surface area contributed by atoms with E-state index in [1.807, 2.05) is 19.1 Å². The highest BCUT2D eigenvalue weighted by Gasteiger charge is 2.09. The number of rotatable bonds is 6. The van der Waals surface area contributed by atoms with Gasteiger partial charge in [-0.1, -0.05) is 42.3 Å². The zero-order valence-corrected chi connectivity index (χ0v) is 13.8. The van der Waals surface area contributed by atoms with Crippen LogP contribution in [0.5, 0.6) is 5.75 Å². The molecule has 2 aromatic rings. The van der Waals surface area contributed by atoms with Crippen molar-refractivity contribution in [2.45, 2.75) is 26.8 Å². The summed E-state index contributed by atoms with van der Waals surface area (Å²) in [6.45, 7) is 5.26. The summed E-state index contributed by atoms with van der Waals surface area (Å²) in [5, 5.41) is 4.45. The van der Waals surface area contributed by atoms with Crippen LogP contribution in [0.25, 0.3) is 0 Å². The zero-order chi connectivity index (χ0) is 15.2. The SMILES string of the molecule is CCOc1c(Cl)cc(CNc2ccc(CC)cc2)cc1Cl. The molecule has 2 aromatic carbocycles. The number of aryl methyl sites for hydroxylation is 1. The highest BCUT2D eigenvalue weighted by atomic mass is 35.5. The third-order valence-corrected chi connectivity index (χ3v) is 3.77. The highest BCUT2D eigenvalue weighted by molar-refractivity contribution is 6.37. The van der Waals surface area contributed by atoms with Gasteiger partial charge in [0.2, 0.25) is 0 Å². The number of ether oxygens (including phenoxy) is 1. The quantitative estimate of drug-likeness (QED) is 0.750. The molecule has 0 unspecified atom stereocenters. The zero-order valence-electron chi connectivity index (χ0n) is 12.2. The van der Waals surface area contributed by atoms with Gasteiger partial charge in [-0.15, -0.1) is 0 Å². The second kappa shape index (κ2) is 7.58. The van der Waals surface area contributed by atoms with Gasteiger partial charge in [0.1, 0.15) is 0 Å². The van der Waals surface area contributed by atoms with Gasteiger partial charge in [-0.3, -0.25) is 0 Å². The molecule has 0 amide bonds. The van der Waals surface area contributed by atoms with Crippen LogP contribution < -0.4 is 10.1 Å². The number of benzene rings is 2. The molecule has 21 heavy (non-hydrogen) atoms. The van der Waals surface area contributed by atoms with Gasteiger partial charge in [0.25, 0.3) is 0 Å². The molecule has 2 rings (SSSR count). The first-order valence-corrected chi connectivity index (χ1v) is 7.83. The standard InChI is InChI=1S/C17H19Cl2NO/c1-3-12-5-7-14(8-6-12)20-11-13-9-15(18)17(21-4-2)16(19)10-13/h5-10,20H,3-4,11H2,1-2H3. The first-order chi connectivity index (χ1) is 10.1. The summed E-state index contributed by atoms with van der Waals surface area (Å²) in [7, 11) is 0. The Kier molecular flexibility index (Phi) is 5.77. The fourth-order valence-corrected chi connectivity index (χ4v) is 2.70. The molecule has 2 nitrogen and oxygen atoms in total. The minimum absolute atomic E-state index is 0.542. The van der Waals surface area contributed by atoms with Crippen LogP contribution in [0, 0.1) is 0 Å². The Bertz CT molecular complexity index is 573. The Morgan fingerprint density at radius 3 is 2.10 bits per heavy atom. The molecular formula is C17H19Cl2NO. The van der Waals surface area contributed by atoms with Crippen molar-refractivity contribution >= 4 is 28.9 Å². The van der Waals surface area contributed by atoms with Gasteiger partial charge in [-0.25, -0.2) is 0 Å². The number of anilines is 1. The second-order valence-corrected chi connectivity index (χ2v) is 5.54. The topological polar surface area (TPSA) is 21.3 Å². The molecule has 112 valence electrons. The summed E-state index contributed by atoms with van der Waals surface area (Å²) < 4.78 is 5.43. The van der Waals surface area contributed by atoms with Crippen molar-refractivity contribution in [3.63, 3.8) is 0 Å². The third kappa shape index (κ3) is 4.29. The van der Waals surface area contributed by atoms with Crippen molar-refractivity contribution in [1.29, 1.82) is 0 Å². The maximum atomic E-state index is 6.20. The van der Waals surface area contributed by atoms with Crippen LogP contribution in [0.15, 0.2) is 36.4 Å². The van der Waals surface area contributed by atoms with Crippen molar-refractivity contribution in [3.8, 4) is 5.75 Å². The summed E-state index contributed by atoms with van der Waals surface area (Å²) in [5.41, 5.74) is 3.43. The Morgan fingerprint density at radius 2 is 1.57 bits per heavy atom. The van der Waals surface area contributed by atoms with Crippen molar-refractivity contribution in [2.75, 3.05) is 11.9 Å². The fraction of sp³-hybridized carbons (Fsp3) is 0.294. The average molecular weight is 324 g/mol. The Labute approximate surface area is 136 Å². The molecule has 0 saturated carbocycles. The maximum Gasteiger partial charge on any atom is 0.156 e. The Balaban J connectivity index is 2.05. The van der Waals surface area contributed by atoms with Crippen LogP contribution in [0.4, 0.5) is 5.69 Å². The minimum atomic E-state index is 0.542. The van der Waals surface area contributed by atoms with Crippen LogP contribution in [0.1, 0.15) is 25.0 Å². The third-order valence-electron chi connectivity index (χ3n) is 3.21. The lowest BCUT2D eigenvalue weighted by Crippen LogP contribution is -2.01. The molecule has 4 heteroatoms. The molecule has 0 aliphatic heterocycles. The molecule has 0 bridgehead atoms.